The van der Waals surface area contributed by atoms with Gasteiger partial charge >= 0.3 is 0 Å². The fourth-order valence-electron chi connectivity index (χ4n) is 2.82. The van der Waals surface area contributed by atoms with Crippen LogP contribution in [0.3, 0.4) is 0 Å². The van der Waals surface area contributed by atoms with Crippen LogP contribution in [0.15, 0.2) is 18.2 Å². The minimum absolute atomic E-state index is 0.152. The van der Waals surface area contributed by atoms with Gasteiger partial charge in [-0.15, -0.1) is 0 Å². The Balaban J connectivity index is 1.91. The number of nitrogens with one attached hydrogen (secondary N) is 2. The standard InChI is InChI=1S/C16H23FN2O/c1-3-18-12-7-9-13(10-8-12)19-16(20)14-6-4-5-11(2)15(14)17/h4-6,12-13,18H,3,7-10H2,1-2H3,(H,19,20). The van der Waals surface area contributed by atoms with Crippen LogP contribution in [0.5, 0.6) is 0 Å². The third kappa shape index (κ3) is 3.57. The number of carbonyl (C=O) groups is 1. The van der Waals surface area contributed by atoms with Gasteiger partial charge in [-0.3, -0.25) is 4.79 Å². The molecule has 0 aromatic heterocycles. The van der Waals surface area contributed by atoms with E-state index in [-0.39, 0.29) is 17.5 Å². The Morgan fingerprint density at radius 1 is 1.25 bits per heavy atom. The number of aryl methyl sites for hydroxylation is 1. The third-order valence-corrected chi connectivity index (χ3v) is 3.99. The Labute approximate surface area is 120 Å². The van der Waals surface area contributed by atoms with Gasteiger partial charge in [0.1, 0.15) is 5.82 Å². The number of halogens is 1. The first-order valence-electron chi connectivity index (χ1n) is 7.41. The molecular formula is C16H23FN2O. The van der Waals surface area contributed by atoms with Crippen molar-refractivity contribution in [2.75, 3.05) is 6.54 Å². The molecule has 4 heteroatoms. The predicted octanol–water partition coefficient (Wildman–Crippen LogP) is 2.78. The predicted molar refractivity (Wildman–Crippen MR) is 78.3 cm³/mol. The molecule has 1 aliphatic carbocycles. The first-order valence-corrected chi connectivity index (χ1v) is 7.41. The molecule has 0 radical (unpaired) electrons. The second-order valence-corrected chi connectivity index (χ2v) is 5.52. The molecule has 0 heterocycles. The molecule has 1 aromatic rings. The first-order chi connectivity index (χ1) is 9.61. The summed E-state index contributed by atoms with van der Waals surface area (Å²) >= 11 is 0. The fourth-order valence-corrected chi connectivity index (χ4v) is 2.82. The highest BCUT2D eigenvalue weighted by molar-refractivity contribution is 5.94. The highest BCUT2D eigenvalue weighted by Crippen LogP contribution is 2.19. The lowest BCUT2D eigenvalue weighted by Gasteiger charge is -2.29. The number of hydrogen-bond acceptors (Lipinski definition) is 2. The van der Waals surface area contributed by atoms with Crippen LogP contribution in [0.4, 0.5) is 4.39 Å². The average Bonchev–Trinajstić information content (AvgIpc) is 2.44. The van der Waals surface area contributed by atoms with Gasteiger partial charge in [0, 0.05) is 12.1 Å². The zero-order valence-corrected chi connectivity index (χ0v) is 12.2. The number of hydrogen-bond donors (Lipinski definition) is 2. The van der Waals surface area contributed by atoms with Gasteiger partial charge in [-0.2, -0.15) is 0 Å². The lowest BCUT2D eigenvalue weighted by atomic mass is 9.91. The van der Waals surface area contributed by atoms with E-state index in [0.29, 0.717) is 11.6 Å². The topological polar surface area (TPSA) is 41.1 Å². The van der Waals surface area contributed by atoms with E-state index in [4.69, 9.17) is 0 Å². The monoisotopic (exact) mass is 278 g/mol. The van der Waals surface area contributed by atoms with E-state index in [0.717, 1.165) is 32.2 Å². The Bertz CT molecular complexity index is 468. The molecule has 2 N–H and O–H groups in total. The van der Waals surface area contributed by atoms with Crippen molar-refractivity contribution in [1.29, 1.82) is 0 Å². The maximum Gasteiger partial charge on any atom is 0.254 e. The van der Waals surface area contributed by atoms with Crippen LogP contribution in [0, 0.1) is 12.7 Å². The number of benzene rings is 1. The molecule has 20 heavy (non-hydrogen) atoms. The molecular weight excluding hydrogens is 255 g/mol. The number of rotatable bonds is 4. The second-order valence-electron chi connectivity index (χ2n) is 5.52. The summed E-state index contributed by atoms with van der Waals surface area (Å²) in [5, 5.41) is 6.39. The number of amides is 1. The Morgan fingerprint density at radius 2 is 1.90 bits per heavy atom. The molecule has 0 aliphatic heterocycles. The summed E-state index contributed by atoms with van der Waals surface area (Å²) in [6.45, 7) is 4.76. The summed E-state index contributed by atoms with van der Waals surface area (Å²) in [6.07, 6.45) is 4.04. The summed E-state index contributed by atoms with van der Waals surface area (Å²) in [4.78, 5) is 12.1. The van der Waals surface area contributed by atoms with E-state index >= 15 is 0 Å². The zero-order valence-electron chi connectivity index (χ0n) is 12.2. The van der Waals surface area contributed by atoms with E-state index in [2.05, 4.69) is 17.6 Å². The van der Waals surface area contributed by atoms with E-state index in [1.54, 1.807) is 25.1 Å². The summed E-state index contributed by atoms with van der Waals surface area (Å²) in [7, 11) is 0. The van der Waals surface area contributed by atoms with E-state index < -0.39 is 5.82 Å². The SMILES string of the molecule is CCNC1CCC(NC(=O)c2cccc(C)c2F)CC1. The largest absolute Gasteiger partial charge is 0.349 e. The second kappa shape index (κ2) is 6.84. The van der Waals surface area contributed by atoms with Crippen molar-refractivity contribution >= 4 is 5.91 Å². The lowest BCUT2D eigenvalue weighted by Crippen LogP contribution is -2.42. The van der Waals surface area contributed by atoms with Gasteiger partial charge in [0.15, 0.2) is 0 Å². The van der Waals surface area contributed by atoms with Crippen molar-refractivity contribution in [2.24, 2.45) is 0 Å². The Hall–Kier alpha value is -1.42. The van der Waals surface area contributed by atoms with E-state index in [1.165, 1.54) is 0 Å². The fraction of sp³-hybridized carbons (Fsp3) is 0.562. The van der Waals surface area contributed by atoms with Crippen LogP contribution in [-0.2, 0) is 0 Å². The van der Waals surface area contributed by atoms with Gasteiger partial charge in [0.05, 0.1) is 5.56 Å². The van der Waals surface area contributed by atoms with Crippen molar-refractivity contribution in [3.05, 3.63) is 35.1 Å². The third-order valence-electron chi connectivity index (χ3n) is 3.99. The van der Waals surface area contributed by atoms with Crippen LogP contribution in [0.25, 0.3) is 0 Å². The van der Waals surface area contributed by atoms with Gasteiger partial charge in [-0.05, 0) is 50.8 Å². The van der Waals surface area contributed by atoms with Gasteiger partial charge in [-0.1, -0.05) is 19.1 Å². The molecule has 1 fully saturated rings. The molecule has 0 spiro atoms. The highest BCUT2D eigenvalue weighted by Gasteiger charge is 2.23. The maximum absolute atomic E-state index is 13.9. The molecule has 1 saturated carbocycles. The van der Waals surface area contributed by atoms with Crippen LogP contribution in [0.2, 0.25) is 0 Å². The van der Waals surface area contributed by atoms with Crippen molar-refractivity contribution in [2.45, 2.75) is 51.6 Å². The van der Waals surface area contributed by atoms with Crippen molar-refractivity contribution < 1.29 is 9.18 Å². The molecule has 0 atom stereocenters. The smallest absolute Gasteiger partial charge is 0.254 e. The molecule has 1 aromatic carbocycles. The minimum atomic E-state index is -0.411. The quantitative estimate of drug-likeness (QED) is 0.889. The normalized spacial score (nSPS) is 22.6. The van der Waals surface area contributed by atoms with Gasteiger partial charge < -0.3 is 10.6 Å². The van der Waals surface area contributed by atoms with E-state index in [9.17, 15) is 9.18 Å². The summed E-state index contributed by atoms with van der Waals surface area (Å²) in [5.41, 5.74) is 0.660. The Morgan fingerprint density at radius 3 is 2.55 bits per heavy atom. The molecule has 0 bridgehead atoms. The maximum atomic E-state index is 13.9. The van der Waals surface area contributed by atoms with Crippen LogP contribution >= 0.6 is 0 Å². The van der Waals surface area contributed by atoms with Crippen molar-refractivity contribution in [3.8, 4) is 0 Å². The summed E-state index contributed by atoms with van der Waals surface area (Å²) in [6, 6.07) is 5.66. The van der Waals surface area contributed by atoms with Crippen molar-refractivity contribution in [3.63, 3.8) is 0 Å². The average molecular weight is 278 g/mol. The minimum Gasteiger partial charge on any atom is -0.349 e. The lowest BCUT2D eigenvalue weighted by molar-refractivity contribution is 0.0920. The van der Waals surface area contributed by atoms with Crippen LogP contribution < -0.4 is 10.6 Å². The van der Waals surface area contributed by atoms with Gasteiger partial charge in [0.25, 0.3) is 5.91 Å². The molecule has 1 aliphatic rings. The van der Waals surface area contributed by atoms with Crippen LogP contribution in [0.1, 0.15) is 48.5 Å². The molecule has 0 saturated heterocycles. The van der Waals surface area contributed by atoms with E-state index in [1.807, 2.05) is 0 Å². The zero-order chi connectivity index (χ0) is 14.5. The van der Waals surface area contributed by atoms with Gasteiger partial charge in [-0.25, -0.2) is 4.39 Å². The first kappa shape index (κ1) is 15.0. The molecule has 3 nitrogen and oxygen atoms in total. The summed E-state index contributed by atoms with van der Waals surface area (Å²) < 4.78 is 13.9. The van der Waals surface area contributed by atoms with Crippen LogP contribution in [-0.4, -0.2) is 24.5 Å². The Kier molecular flexibility index (Phi) is 5.12. The van der Waals surface area contributed by atoms with Crippen molar-refractivity contribution in [1.82, 2.24) is 10.6 Å². The number of carbonyl (C=O) groups excluding carboxylic acids is 1. The molecule has 110 valence electrons. The molecule has 0 unspecified atom stereocenters. The summed E-state index contributed by atoms with van der Waals surface area (Å²) in [5.74, 6) is -0.704. The molecule has 1 amide bonds. The molecule has 2 rings (SSSR count). The highest BCUT2D eigenvalue weighted by atomic mass is 19.1. The van der Waals surface area contributed by atoms with Gasteiger partial charge in [0.2, 0.25) is 0 Å².